The van der Waals surface area contributed by atoms with E-state index in [2.05, 4.69) is 46.0 Å². The van der Waals surface area contributed by atoms with Crippen molar-refractivity contribution in [3.8, 4) is 0 Å². The maximum Gasteiger partial charge on any atom is 0.192 e. The van der Waals surface area contributed by atoms with Gasteiger partial charge < -0.3 is 4.43 Å². The summed E-state index contributed by atoms with van der Waals surface area (Å²) < 4.78 is 6.14. The molecule has 0 heterocycles. The molecule has 1 saturated carbocycles. The van der Waals surface area contributed by atoms with E-state index < -0.39 is 8.32 Å². The smallest absolute Gasteiger partial charge is 0.192 e. The summed E-state index contributed by atoms with van der Waals surface area (Å²) >= 11 is 0. The summed E-state index contributed by atoms with van der Waals surface area (Å²) in [7, 11) is -1.55. The molecule has 1 aliphatic carbocycles. The Balaban J connectivity index is 2.20. The van der Waals surface area contributed by atoms with Crippen molar-refractivity contribution in [2.24, 2.45) is 5.92 Å². The summed E-state index contributed by atoms with van der Waals surface area (Å²) in [6, 6.07) is 0. The Morgan fingerprint density at radius 3 is 2.22 bits per heavy atom. The topological polar surface area (TPSA) is 9.23 Å². The molecule has 2 heteroatoms. The summed E-state index contributed by atoms with van der Waals surface area (Å²) in [6.45, 7) is 12.3. The Kier molecular flexibility index (Phi) is 6.13. The summed E-state index contributed by atoms with van der Waals surface area (Å²) in [6.07, 6.45) is 13.1. The molecule has 0 aromatic carbocycles. The lowest BCUT2D eigenvalue weighted by Crippen LogP contribution is -2.40. The van der Waals surface area contributed by atoms with Crippen LogP contribution in [0.5, 0.6) is 0 Å². The third kappa shape index (κ3) is 5.27. The second-order valence-electron chi connectivity index (χ2n) is 7.28. The van der Waals surface area contributed by atoms with Gasteiger partial charge in [-0.05, 0) is 30.5 Å². The van der Waals surface area contributed by atoms with E-state index in [0.717, 1.165) is 12.5 Å². The average molecular weight is 269 g/mol. The molecular formula is C16H32OSi. The van der Waals surface area contributed by atoms with E-state index in [1.54, 1.807) is 0 Å². The molecule has 0 aromatic heterocycles. The fourth-order valence-electron chi connectivity index (χ4n) is 2.25. The Bertz CT molecular complexity index is 257. The first-order chi connectivity index (χ1) is 8.33. The highest BCUT2D eigenvalue weighted by molar-refractivity contribution is 6.74. The van der Waals surface area contributed by atoms with Crippen molar-refractivity contribution in [2.75, 3.05) is 6.61 Å². The van der Waals surface area contributed by atoms with Crippen LogP contribution in [0.25, 0.3) is 0 Å². The number of hydrogen-bond donors (Lipinski definition) is 0. The molecule has 0 N–H and O–H groups in total. The first-order valence-electron chi connectivity index (χ1n) is 7.62. The van der Waals surface area contributed by atoms with Gasteiger partial charge in [-0.15, -0.1) is 0 Å². The molecule has 1 fully saturated rings. The number of hydrogen-bond acceptors (Lipinski definition) is 1. The van der Waals surface area contributed by atoms with Crippen LogP contribution in [0.2, 0.25) is 18.1 Å². The van der Waals surface area contributed by atoms with Crippen molar-refractivity contribution in [1.29, 1.82) is 0 Å². The maximum atomic E-state index is 6.14. The quantitative estimate of drug-likeness (QED) is 0.470. The van der Waals surface area contributed by atoms with Gasteiger partial charge in [0, 0.05) is 0 Å². The SMILES string of the molecule is CC(C)(C)[Si](C)(C)OCC=CCC1CCCCC1. The van der Waals surface area contributed by atoms with Crippen LogP contribution >= 0.6 is 0 Å². The number of rotatable bonds is 5. The van der Waals surface area contributed by atoms with Gasteiger partial charge in [0.2, 0.25) is 0 Å². The Morgan fingerprint density at radius 2 is 1.67 bits per heavy atom. The third-order valence-corrected chi connectivity index (χ3v) is 9.21. The van der Waals surface area contributed by atoms with Gasteiger partial charge in [0.1, 0.15) is 0 Å². The molecule has 1 rings (SSSR count). The van der Waals surface area contributed by atoms with Gasteiger partial charge in [-0.3, -0.25) is 0 Å². The van der Waals surface area contributed by atoms with Crippen LogP contribution < -0.4 is 0 Å². The van der Waals surface area contributed by atoms with Crippen molar-refractivity contribution in [2.45, 2.75) is 77.4 Å². The van der Waals surface area contributed by atoms with Crippen molar-refractivity contribution in [1.82, 2.24) is 0 Å². The molecule has 0 saturated heterocycles. The van der Waals surface area contributed by atoms with Crippen LogP contribution in [0.1, 0.15) is 59.3 Å². The molecule has 0 amide bonds. The molecule has 106 valence electrons. The first-order valence-corrected chi connectivity index (χ1v) is 10.5. The predicted molar refractivity (Wildman–Crippen MR) is 83.5 cm³/mol. The van der Waals surface area contributed by atoms with E-state index in [0.29, 0.717) is 5.04 Å². The molecule has 0 aromatic rings. The lowest BCUT2D eigenvalue weighted by Gasteiger charge is -2.35. The van der Waals surface area contributed by atoms with Crippen LogP contribution in [0.4, 0.5) is 0 Å². The van der Waals surface area contributed by atoms with Crippen LogP contribution in [-0.4, -0.2) is 14.9 Å². The van der Waals surface area contributed by atoms with Crippen LogP contribution in [-0.2, 0) is 4.43 Å². The monoisotopic (exact) mass is 268 g/mol. The normalized spacial score (nSPS) is 19.6. The van der Waals surface area contributed by atoms with Gasteiger partial charge in [-0.2, -0.15) is 0 Å². The van der Waals surface area contributed by atoms with E-state index in [9.17, 15) is 0 Å². The lowest BCUT2D eigenvalue weighted by molar-refractivity contribution is 0.326. The molecule has 0 bridgehead atoms. The van der Waals surface area contributed by atoms with Crippen LogP contribution in [0.15, 0.2) is 12.2 Å². The summed E-state index contributed by atoms with van der Waals surface area (Å²) in [5.41, 5.74) is 0. The third-order valence-electron chi connectivity index (χ3n) is 4.71. The lowest BCUT2D eigenvalue weighted by atomic mass is 9.87. The number of allylic oxidation sites excluding steroid dienone is 1. The predicted octanol–water partition coefficient (Wildman–Crippen LogP) is 5.53. The van der Waals surface area contributed by atoms with Crippen molar-refractivity contribution in [3.63, 3.8) is 0 Å². The Morgan fingerprint density at radius 1 is 1.06 bits per heavy atom. The maximum absolute atomic E-state index is 6.14. The molecule has 0 atom stereocenters. The van der Waals surface area contributed by atoms with Crippen molar-refractivity contribution in [3.05, 3.63) is 12.2 Å². The summed E-state index contributed by atoms with van der Waals surface area (Å²) in [4.78, 5) is 0. The van der Waals surface area contributed by atoms with Gasteiger partial charge in [0.25, 0.3) is 0 Å². The Labute approximate surface area is 115 Å². The highest BCUT2D eigenvalue weighted by atomic mass is 28.4. The Hall–Kier alpha value is -0.0831. The van der Waals surface area contributed by atoms with Gasteiger partial charge in [-0.25, -0.2) is 0 Å². The minimum atomic E-state index is -1.55. The van der Waals surface area contributed by atoms with Gasteiger partial charge in [0.15, 0.2) is 8.32 Å². The average Bonchev–Trinajstić information content (AvgIpc) is 2.28. The molecule has 1 nitrogen and oxygen atoms in total. The van der Waals surface area contributed by atoms with E-state index >= 15 is 0 Å². The fraction of sp³-hybridized carbons (Fsp3) is 0.875. The minimum Gasteiger partial charge on any atom is -0.413 e. The molecule has 0 unspecified atom stereocenters. The standard InChI is InChI=1S/C16H32OSi/c1-16(2,3)18(4,5)17-14-10-9-13-15-11-7-6-8-12-15/h9-10,15H,6-8,11-14H2,1-5H3. The van der Waals surface area contributed by atoms with Crippen molar-refractivity contribution >= 4 is 8.32 Å². The highest BCUT2D eigenvalue weighted by Gasteiger charge is 2.36. The zero-order chi connectivity index (χ0) is 13.6. The van der Waals surface area contributed by atoms with Gasteiger partial charge in [-0.1, -0.05) is 65.0 Å². The van der Waals surface area contributed by atoms with E-state index in [1.807, 2.05) is 0 Å². The minimum absolute atomic E-state index is 0.324. The fourth-order valence-corrected chi connectivity index (χ4v) is 3.20. The molecular weight excluding hydrogens is 236 g/mol. The first kappa shape index (κ1) is 16.0. The van der Waals surface area contributed by atoms with Gasteiger partial charge in [0.05, 0.1) is 6.61 Å². The molecule has 0 radical (unpaired) electrons. The summed E-state index contributed by atoms with van der Waals surface area (Å²) in [5, 5.41) is 0.324. The molecule has 0 aliphatic heterocycles. The molecule has 1 aliphatic rings. The highest BCUT2D eigenvalue weighted by Crippen LogP contribution is 2.36. The van der Waals surface area contributed by atoms with E-state index in [1.165, 1.54) is 38.5 Å². The van der Waals surface area contributed by atoms with E-state index in [4.69, 9.17) is 4.43 Å². The van der Waals surface area contributed by atoms with Crippen molar-refractivity contribution < 1.29 is 4.43 Å². The second-order valence-corrected chi connectivity index (χ2v) is 12.1. The molecule has 0 spiro atoms. The zero-order valence-corrected chi connectivity index (χ0v) is 14.1. The van der Waals surface area contributed by atoms with E-state index in [-0.39, 0.29) is 0 Å². The van der Waals surface area contributed by atoms with Crippen LogP contribution in [0.3, 0.4) is 0 Å². The van der Waals surface area contributed by atoms with Gasteiger partial charge >= 0.3 is 0 Å². The summed E-state index contributed by atoms with van der Waals surface area (Å²) in [5.74, 6) is 0.947. The largest absolute Gasteiger partial charge is 0.413 e. The zero-order valence-electron chi connectivity index (χ0n) is 13.1. The second kappa shape index (κ2) is 6.90. The molecule has 18 heavy (non-hydrogen) atoms. The van der Waals surface area contributed by atoms with Crippen LogP contribution in [0, 0.1) is 5.92 Å².